The molecule has 180 valence electrons. The maximum absolute atomic E-state index is 14.2. The summed E-state index contributed by atoms with van der Waals surface area (Å²) in [5.41, 5.74) is 4.56. The first-order valence-corrected chi connectivity index (χ1v) is 11.0. The summed E-state index contributed by atoms with van der Waals surface area (Å²) in [7, 11) is 0. The van der Waals surface area contributed by atoms with Gasteiger partial charge in [0.2, 0.25) is 23.6 Å². The molecule has 0 saturated carbocycles. The van der Waals surface area contributed by atoms with Crippen LogP contribution in [0, 0.1) is 17.7 Å². The van der Waals surface area contributed by atoms with E-state index in [0.717, 1.165) is 11.0 Å². The molecule has 3 heterocycles. The number of hydrogen-bond acceptors (Lipinski definition) is 7. The molecule has 5 rings (SSSR count). The lowest BCUT2D eigenvalue weighted by Crippen LogP contribution is -2.53. The first kappa shape index (κ1) is 22.7. The van der Waals surface area contributed by atoms with Gasteiger partial charge in [-0.1, -0.05) is 0 Å². The van der Waals surface area contributed by atoms with E-state index in [0.29, 0.717) is 5.69 Å². The standard InChI is InChI=1S/C24H21FN4O6/c1-2-35-22(33)11-3-6-13(7-4-11)29-20(31)18-16(10-17(26)30)28-24(19(18)21(29)32)14-9-12(25)5-8-15(14)27-23(24)34/h3-9,16,18-19,28H,2,10H2,1H3,(H2,26,30)(H,27,34)/t16-,18-,19-,24-/m0/s1. The number of hydrogen-bond donors (Lipinski definition) is 3. The molecular formula is C24H21FN4O6. The SMILES string of the molecule is CCOC(=O)c1ccc(N2C(=O)[C@H]3[C@H](CC(N)=O)N[C@]4(C(=O)Nc5ccc(F)cc54)[C@@H]3C2=O)cc1. The molecule has 35 heavy (non-hydrogen) atoms. The first-order chi connectivity index (χ1) is 16.7. The van der Waals surface area contributed by atoms with Gasteiger partial charge in [-0.05, 0) is 49.4 Å². The Morgan fingerprint density at radius 1 is 1.11 bits per heavy atom. The normalized spacial score (nSPS) is 26.6. The minimum atomic E-state index is -1.76. The van der Waals surface area contributed by atoms with E-state index in [9.17, 15) is 28.4 Å². The van der Waals surface area contributed by atoms with Gasteiger partial charge in [0.15, 0.2) is 0 Å². The molecule has 0 radical (unpaired) electrons. The Labute approximate surface area is 198 Å². The number of ether oxygens (including phenoxy) is 1. The average molecular weight is 480 g/mol. The van der Waals surface area contributed by atoms with Gasteiger partial charge in [0.05, 0.1) is 29.7 Å². The van der Waals surface area contributed by atoms with Crippen molar-refractivity contribution in [2.75, 3.05) is 16.8 Å². The third kappa shape index (κ3) is 3.22. The summed E-state index contributed by atoms with van der Waals surface area (Å²) in [6.45, 7) is 1.86. The van der Waals surface area contributed by atoms with E-state index in [1.807, 2.05) is 0 Å². The van der Waals surface area contributed by atoms with Crippen LogP contribution in [0.2, 0.25) is 0 Å². The smallest absolute Gasteiger partial charge is 0.338 e. The number of amides is 4. The van der Waals surface area contributed by atoms with Crippen LogP contribution in [0.4, 0.5) is 15.8 Å². The van der Waals surface area contributed by atoms with Crippen LogP contribution in [-0.2, 0) is 29.5 Å². The number of nitrogens with zero attached hydrogens (tertiary/aromatic N) is 1. The van der Waals surface area contributed by atoms with Crippen LogP contribution < -0.4 is 21.3 Å². The molecule has 0 bridgehead atoms. The maximum atomic E-state index is 14.2. The van der Waals surface area contributed by atoms with Gasteiger partial charge >= 0.3 is 5.97 Å². The number of esters is 1. The topological polar surface area (TPSA) is 148 Å². The van der Waals surface area contributed by atoms with Gasteiger partial charge in [-0.2, -0.15) is 0 Å². The van der Waals surface area contributed by atoms with Crippen molar-refractivity contribution in [2.45, 2.75) is 24.9 Å². The fourth-order valence-electron chi connectivity index (χ4n) is 5.38. The molecule has 1 spiro atoms. The van der Waals surface area contributed by atoms with Crippen molar-refractivity contribution in [3.05, 3.63) is 59.4 Å². The van der Waals surface area contributed by atoms with E-state index in [-0.39, 0.29) is 29.8 Å². The minimum absolute atomic E-state index is 0.185. The van der Waals surface area contributed by atoms with Gasteiger partial charge in [0.25, 0.3) is 0 Å². The summed E-state index contributed by atoms with van der Waals surface area (Å²) < 4.78 is 19.2. The molecular weight excluding hydrogens is 459 g/mol. The number of halogens is 1. The summed E-state index contributed by atoms with van der Waals surface area (Å²) in [6.07, 6.45) is -0.310. The Balaban J connectivity index is 1.59. The van der Waals surface area contributed by atoms with Crippen LogP contribution in [0.1, 0.15) is 29.3 Å². The van der Waals surface area contributed by atoms with Crippen LogP contribution in [0.3, 0.4) is 0 Å². The number of carbonyl (C=O) groups is 5. The van der Waals surface area contributed by atoms with Crippen LogP contribution >= 0.6 is 0 Å². The van der Waals surface area contributed by atoms with Crippen molar-refractivity contribution in [2.24, 2.45) is 17.6 Å². The van der Waals surface area contributed by atoms with Gasteiger partial charge in [0, 0.05) is 23.7 Å². The van der Waals surface area contributed by atoms with Crippen LogP contribution in [-0.4, -0.2) is 42.2 Å². The Kier molecular flexibility index (Phi) is 5.17. The van der Waals surface area contributed by atoms with Gasteiger partial charge in [-0.15, -0.1) is 0 Å². The lowest BCUT2D eigenvalue weighted by atomic mass is 9.76. The first-order valence-electron chi connectivity index (χ1n) is 11.0. The number of benzene rings is 2. The summed E-state index contributed by atoms with van der Waals surface area (Å²) in [6, 6.07) is 8.44. The monoisotopic (exact) mass is 480 g/mol. The fourth-order valence-corrected chi connectivity index (χ4v) is 5.38. The molecule has 11 heteroatoms. The Morgan fingerprint density at radius 3 is 2.49 bits per heavy atom. The zero-order chi connectivity index (χ0) is 25.1. The molecule has 2 aromatic carbocycles. The van der Waals surface area contributed by atoms with E-state index >= 15 is 0 Å². The van der Waals surface area contributed by atoms with Crippen molar-refractivity contribution in [1.82, 2.24) is 5.32 Å². The zero-order valence-electron chi connectivity index (χ0n) is 18.5. The Bertz CT molecular complexity index is 1300. The largest absolute Gasteiger partial charge is 0.462 e. The van der Waals surface area contributed by atoms with Crippen LogP contribution in [0.15, 0.2) is 42.5 Å². The highest BCUT2D eigenvalue weighted by molar-refractivity contribution is 6.26. The second-order valence-electron chi connectivity index (χ2n) is 8.66. The number of nitrogens with two attached hydrogens (primary N) is 1. The second-order valence-corrected chi connectivity index (χ2v) is 8.66. The van der Waals surface area contributed by atoms with Gasteiger partial charge in [-0.25, -0.2) is 14.1 Å². The molecule has 4 atom stereocenters. The van der Waals surface area contributed by atoms with E-state index < -0.39 is 58.8 Å². The van der Waals surface area contributed by atoms with E-state index in [4.69, 9.17) is 10.5 Å². The highest BCUT2D eigenvalue weighted by Gasteiger charge is 2.70. The number of primary amides is 1. The number of fused-ring (bicyclic) bond motifs is 4. The van der Waals surface area contributed by atoms with Crippen molar-refractivity contribution < 1.29 is 33.1 Å². The molecule has 0 unspecified atom stereocenters. The summed E-state index contributed by atoms with van der Waals surface area (Å²) >= 11 is 0. The molecule has 3 aliphatic rings. The van der Waals surface area contributed by atoms with E-state index in [2.05, 4.69) is 10.6 Å². The lowest BCUT2D eigenvalue weighted by Gasteiger charge is -2.29. The van der Waals surface area contributed by atoms with Gasteiger partial charge in [0.1, 0.15) is 11.4 Å². The predicted molar refractivity (Wildman–Crippen MR) is 119 cm³/mol. The lowest BCUT2D eigenvalue weighted by molar-refractivity contribution is -0.130. The van der Waals surface area contributed by atoms with Gasteiger partial charge in [-0.3, -0.25) is 24.5 Å². The zero-order valence-corrected chi connectivity index (χ0v) is 18.5. The highest BCUT2D eigenvalue weighted by atomic mass is 19.1. The van der Waals surface area contributed by atoms with E-state index in [1.54, 1.807) is 6.92 Å². The fraction of sp³-hybridized carbons (Fsp3) is 0.292. The summed E-state index contributed by atoms with van der Waals surface area (Å²) in [4.78, 5) is 65.3. The third-order valence-electron chi connectivity index (χ3n) is 6.73. The molecule has 0 aromatic heterocycles. The molecule has 2 fully saturated rings. The number of imide groups is 1. The Hall–Kier alpha value is -4.12. The highest BCUT2D eigenvalue weighted by Crippen LogP contribution is 2.54. The van der Waals surface area contributed by atoms with Crippen molar-refractivity contribution in [1.29, 1.82) is 0 Å². The van der Waals surface area contributed by atoms with Crippen LogP contribution in [0.5, 0.6) is 0 Å². The molecule has 2 aromatic rings. The molecule has 10 nitrogen and oxygen atoms in total. The Morgan fingerprint density at radius 2 is 1.83 bits per heavy atom. The molecule has 3 aliphatic heterocycles. The van der Waals surface area contributed by atoms with Crippen molar-refractivity contribution >= 4 is 41.0 Å². The average Bonchev–Trinajstić information content (AvgIpc) is 3.38. The molecule has 0 aliphatic carbocycles. The number of rotatable bonds is 5. The van der Waals surface area contributed by atoms with E-state index in [1.165, 1.54) is 36.4 Å². The molecule has 4 N–H and O–H groups in total. The quantitative estimate of drug-likeness (QED) is 0.424. The van der Waals surface area contributed by atoms with Crippen LogP contribution in [0.25, 0.3) is 0 Å². The number of anilines is 2. The maximum Gasteiger partial charge on any atom is 0.338 e. The predicted octanol–water partition coefficient (Wildman–Crippen LogP) is 0.803. The van der Waals surface area contributed by atoms with Crippen molar-refractivity contribution in [3.8, 4) is 0 Å². The summed E-state index contributed by atoms with van der Waals surface area (Å²) in [5, 5.41) is 5.64. The molecule has 2 saturated heterocycles. The third-order valence-corrected chi connectivity index (χ3v) is 6.73. The summed E-state index contributed by atoms with van der Waals surface area (Å²) in [5.74, 6) is -6.19. The number of nitrogens with one attached hydrogen (secondary N) is 2. The van der Waals surface area contributed by atoms with Gasteiger partial charge < -0.3 is 15.8 Å². The second kappa shape index (κ2) is 7.98. The van der Waals surface area contributed by atoms with Crippen molar-refractivity contribution in [3.63, 3.8) is 0 Å². The molecule has 4 amide bonds. The minimum Gasteiger partial charge on any atom is -0.462 e. The number of carbonyl (C=O) groups excluding carboxylic acids is 5.